The highest BCUT2D eigenvalue weighted by Gasteiger charge is 2.07. The molecule has 1 atom stereocenters. The van der Waals surface area contributed by atoms with Crippen molar-refractivity contribution in [2.75, 3.05) is 6.54 Å². The second-order valence-electron chi connectivity index (χ2n) is 3.31. The molecule has 0 aliphatic carbocycles. The quantitative estimate of drug-likeness (QED) is 0.777. The van der Waals surface area contributed by atoms with Crippen molar-refractivity contribution in [3.8, 4) is 0 Å². The van der Waals surface area contributed by atoms with Crippen molar-refractivity contribution in [3.05, 3.63) is 36.1 Å². The minimum atomic E-state index is -0.473. The lowest BCUT2D eigenvalue weighted by Gasteiger charge is -2.08. The molecule has 3 heteroatoms. The number of aliphatic hydroxyl groups is 1. The van der Waals surface area contributed by atoms with E-state index in [1.165, 1.54) is 0 Å². The van der Waals surface area contributed by atoms with Crippen molar-refractivity contribution in [1.82, 2.24) is 0 Å². The van der Waals surface area contributed by atoms with Gasteiger partial charge in [0.05, 0.1) is 12.4 Å². The fourth-order valence-corrected chi connectivity index (χ4v) is 1.52. The molecule has 2 aromatic rings. The number of aliphatic hydroxyl groups excluding tert-OH is 1. The second kappa shape index (κ2) is 3.82. The van der Waals surface area contributed by atoms with Crippen molar-refractivity contribution in [1.29, 1.82) is 0 Å². The van der Waals surface area contributed by atoms with Gasteiger partial charge in [-0.05, 0) is 36.7 Å². The zero-order valence-electron chi connectivity index (χ0n) is 7.81. The Balaban J connectivity index is 2.33. The van der Waals surface area contributed by atoms with Gasteiger partial charge in [0.25, 0.3) is 0 Å². The van der Waals surface area contributed by atoms with Gasteiger partial charge in [0.1, 0.15) is 5.58 Å². The normalized spacial score (nSPS) is 13.3. The zero-order chi connectivity index (χ0) is 9.97. The lowest BCUT2D eigenvalue weighted by atomic mass is 10.1. The van der Waals surface area contributed by atoms with Crippen LogP contribution in [-0.4, -0.2) is 11.7 Å². The number of fused-ring (bicyclic) bond motifs is 1. The summed E-state index contributed by atoms with van der Waals surface area (Å²) in [7, 11) is 0. The highest BCUT2D eigenvalue weighted by Crippen LogP contribution is 2.22. The predicted octanol–water partition coefficient (Wildman–Crippen LogP) is 1.82. The molecule has 0 saturated heterocycles. The minimum absolute atomic E-state index is 0.473. The van der Waals surface area contributed by atoms with Crippen LogP contribution in [0.1, 0.15) is 18.1 Å². The molecular weight excluding hydrogens is 178 g/mol. The maximum Gasteiger partial charge on any atom is 0.133 e. The van der Waals surface area contributed by atoms with Gasteiger partial charge in [-0.25, -0.2) is 0 Å². The van der Waals surface area contributed by atoms with Crippen LogP contribution in [0.3, 0.4) is 0 Å². The van der Waals surface area contributed by atoms with Crippen molar-refractivity contribution < 1.29 is 9.52 Å². The highest BCUT2D eigenvalue weighted by atomic mass is 16.3. The van der Waals surface area contributed by atoms with E-state index in [2.05, 4.69) is 0 Å². The Bertz CT molecular complexity index is 422. The van der Waals surface area contributed by atoms with Crippen LogP contribution >= 0.6 is 0 Å². The Morgan fingerprint density at radius 1 is 1.36 bits per heavy atom. The second-order valence-corrected chi connectivity index (χ2v) is 3.31. The third-order valence-corrected chi connectivity index (χ3v) is 2.30. The molecule has 14 heavy (non-hydrogen) atoms. The molecule has 0 spiro atoms. The molecule has 0 saturated carbocycles. The van der Waals surface area contributed by atoms with Gasteiger partial charge in [-0.2, -0.15) is 0 Å². The first-order valence-corrected chi connectivity index (χ1v) is 4.66. The maximum absolute atomic E-state index is 9.71. The van der Waals surface area contributed by atoms with Crippen molar-refractivity contribution >= 4 is 11.0 Å². The fourth-order valence-electron chi connectivity index (χ4n) is 1.52. The summed E-state index contributed by atoms with van der Waals surface area (Å²) in [6, 6.07) is 7.55. The van der Waals surface area contributed by atoms with Gasteiger partial charge in [0.2, 0.25) is 0 Å². The standard InChI is InChI=1S/C11H13NO2/c12-5-3-10(13)8-1-2-11-9(7-8)4-6-14-11/h1-2,4,6-7,10,13H,3,5,12H2/t10-/m0/s1. The Labute approximate surface area is 82.1 Å². The van der Waals surface area contributed by atoms with Crippen LogP contribution in [0.2, 0.25) is 0 Å². The molecule has 3 nitrogen and oxygen atoms in total. The van der Waals surface area contributed by atoms with E-state index in [1.807, 2.05) is 24.3 Å². The van der Waals surface area contributed by atoms with Crippen LogP contribution in [0.5, 0.6) is 0 Å². The number of nitrogens with two attached hydrogens (primary N) is 1. The first kappa shape index (κ1) is 9.24. The Kier molecular flexibility index (Phi) is 2.52. The SMILES string of the molecule is NCC[C@H](O)c1ccc2occc2c1. The Hall–Kier alpha value is -1.32. The molecule has 0 unspecified atom stereocenters. The summed E-state index contributed by atoms with van der Waals surface area (Å²) in [5.41, 5.74) is 7.12. The topological polar surface area (TPSA) is 59.4 Å². The molecule has 0 aliphatic rings. The summed E-state index contributed by atoms with van der Waals surface area (Å²) in [6.45, 7) is 0.491. The van der Waals surface area contributed by atoms with E-state index >= 15 is 0 Å². The molecule has 0 aliphatic heterocycles. The highest BCUT2D eigenvalue weighted by molar-refractivity contribution is 5.77. The summed E-state index contributed by atoms with van der Waals surface area (Å²) < 4.78 is 5.21. The number of rotatable bonds is 3. The summed E-state index contributed by atoms with van der Waals surface area (Å²) in [4.78, 5) is 0. The predicted molar refractivity (Wildman–Crippen MR) is 54.8 cm³/mol. The van der Waals surface area contributed by atoms with Crippen molar-refractivity contribution in [2.45, 2.75) is 12.5 Å². The van der Waals surface area contributed by atoms with Crippen LogP contribution < -0.4 is 5.73 Å². The smallest absolute Gasteiger partial charge is 0.133 e. The summed E-state index contributed by atoms with van der Waals surface area (Å²) in [5.74, 6) is 0. The molecule has 2 rings (SSSR count). The lowest BCUT2D eigenvalue weighted by Crippen LogP contribution is -2.06. The van der Waals surface area contributed by atoms with Gasteiger partial charge in [-0.15, -0.1) is 0 Å². The number of hydrogen-bond acceptors (Lipinski definition) is 3. The minimum Gasteiger partial charge on any atom is -0.464 e. The van der Waals surface area contributed by atoms with Gasteiger partial charge in [0, 0.05) is 5.39 Å². The van der Waals surface area contributed by atoms with E-state index in [-0.39, 0.29) is 0 Å². The molecule has 0 amide bonds. The van der Waals surface area contributed by atoms with Crippen molar-refractivity contribution in [2.24, 2.45) is 5.73 Å². The number of hydrogen-bond donors (Lipinski definition) is 2. The third-order valence-electron chi connectivity index (χ3n) is 2.30. The molecule has 0 bridgehead atoms. The summed E-state index contributed by atoms with van der Waals surface area (Å²) >= 11 is 0. The molecule has 1 heterocycles. The average Bonchev–Trinajstić information content (AvgIpc) is 2.64. The average molecular weight is 191 g/mol. The Morgan fingerprint density at radius 3 is 3.00 bits per heavy atom. The van der Waals surface area contributed by atoms with Crippen LogP contribution in [-0.2, 0) is 0 Å². The van der Waals surface area contributed by atoms with Crippen LogP contribution in [0.15, 0.2) is 34.9 Å². The molecule has 74 valence electrons. The molecular formula is C11H13NO2. The van der Waals surface area contributed by atoms with Gasteiger partial charge in [-0.1, -0.05) is 6.07 Å². The van der Waals surface area contributed by atoms with Gasteiger partial charge in [0.15, 0.2) is 0 Å². The fraction of sp³-hybridized carbons (Fsp3) is 0.273. The molecule has 0 fully saturated rings. The van der Waals surface area contributed by atoms with Crippen LogP contribution in [0.25, 0.3) is 11.0 Å². The van der Waals surface area contributed by atoms with E-state index in [1.54, 1.807) is 6.26 Å². The molecule has 1 aromatic heterocycles. The van der Waals surface area contributed by atoms with Crippen molar-refractivity contribution in [3.63, 3.8) is 0 Å². The monoisotopic (exact) mass is 191 g/mol. The molecule has 3 N–H and O–H groups in total. The van der Waals surface area contributed by atoms with E-state index in [0.717, 1.165) is 16.5 Å². The summed E-state index contributed by atoms with van der Waals surface area (Å²) in [5, 5.41) is 10.7. The maximum atomic E-state index is 9.71. The third kappa shape index (κ3) is 1.64. The van der Waals surface area contributed by atoms with Crippen LogP contribution in [0, 0.1) is 0 Å². The van der Waals surface area contributed by atoms with Crippen LogP contribution in [0.4, 0.5) is 0 Å². The first-order chi connectivity index (χ1) is 6.81. The van der Waals surface area contributed by atoms with Gasteiger partial charge in [-0.3, -0.25) is 0 Å². The molecule has 1 aromatic carbocycles. The number of furan rings is 1. The van der Waals surface area contributed by atoms with E-state index in [4.69, 9.17) is 10.2 Å². The van der Waals surface area contributed by atoms with E-state index in [0.29, 0.717) is 13.0 Å². The zero-order valence-corrected chi connectivity index (χ0v) is 7.81. The van der Waals surface area contributed by atoms with E-state index in [9.17, 15) is 5.11 Å². The Morgan fingerprint density at radius 2 is 2.21 bits per heavy atom. The van der Waals surface area contributed by atoms with Gasteiger partial charge >= 0.3 is 0 Å². The number of benzene rings is 1. The summed E-state index contributed by atoms with van der Waals surface area (Å²) in [6.07, 6.45) is 1.76. The largest absolute Gasteiger partial charge is 0.464 e. The van der Waals surface area contributed by atoms with E-state index < -0.39 is 6.10 Å². The lowest BCUT2D eigenvalue weighted by molar-refractivity contribution is 0.170. The first-order valence-electron chi connectivity index (χ1n) is 4.66. The van der Waals surface area contributed by atoms with Gasteiger partial charge < -0.3 is 15.3 Å². The molecule has 0 radical (unpaired) electrons.